The summed E-state index contributed by atoms with van der Waals surface area (Å²) in [4.78, 5) is 23.9. The summed E-state index contributed by atoms with van der Waals surface area (Å²) in [6.45, 7) is 5.96. The lowest BCUT2D eigenvalue weighted by Gasteiger charge is -2.05. The van der Waals surface area contributed by atoms with Gasteiger partial charge in [-0.2, -0.15) is 0 Å². The molecule has 0 aromatic rings. The van der Waals surface area contributed by atoms with Gasteiger partial charge in [-0.1, -0.05) is 206 Å². The minimum atomic E-state index is -0.163. The average Bonchev–Trinajstić information content (AvgIpc) is 3.03. The zero-order valence-corrected chi connectivity index (χ0v) is 30.0. The molecular weight excluding hydrogens is 540 g/mol. The Bertz CT molecular complexity index is 566. The molecule has 0 spiro atoms. The van der Waals surface area contributed by atoms with Gasteiger partial charge >= 0.3 is 0 Å². The number of amides is 2. The fraction of sp³-hybridized carbons (Fsp3) is 0.900. The van der Waals surface area contributed by atoms with E-state index in [4.69, 9.17) is 0 Å². The normalized spacial score (nSPS) is 11.4. The Morgan fingerprint density at radius 1 is 0.318 bits per heavy atom. The third kappa shape index (κ3) is 36.9. The van der Waals surface area contributed by atoms with E-state index >= 15 is 0 Å². The second-order valence-electron chi connectivity index (χ2n) is 13.5. The molecule has 2 amide bonds. The first kappa shape index (κ1) is 42.7. The molecule has 0 aliphatic rings. The van der Waals surface area contributed by atoms with Crippen molar-refractivity contribution < 1.29 is 9.59 Å². The second-order valence-corrected chi connectivity index (χ2v) is 13.5. The lowest BCUT2D eigenvalue weighted by atomic mass is 10.0. The molecule has 2 N–H and O–H groups in total. The van der Waals surface area contributed by atoms with Crippen molar-refractivity contribution in [2.24, 2.45) is 0 Å². The maximum atomic E-state index is 12.0. The van der Waals surface area contributed by atoms with Crippen LogP contribution in [0.5, 0.6) is 0 Å². The van der Waals surface area contributed by atoms with E-state index in [-0.39, 0.29) is 11.8 Å². The van der Waals surface area contributed by atoms with Gasteiger partial charge < -0.3 is 10.6 Å². The fourth-order valence-corrected chi connectivity index (χ4v) is 6.04. The smallest absolute Gasteiger partial charge is 0.244 e. The monoisotopic (exact) mass is 619 g/mol. The van der Waals surface area contributed by atoms with Crippen LogP contribution in [0.4, 0.5) is 0 Å². The molecule has 0 saturated heterocycles. The largest absolute Gasteiger partial charge is 0.353 e. The minimum Gasteiger partial charge on any atom is -0.353 e. The van der Waals surface area contributed by atoms with Crippen LogP contribution in [0.2, 0.25) is 0 Å². The van der Waals surface area contributed by atoms with Gasteiger partial charge in [-0.3, -0.25) is 9.59 Å². The predicted octanol–water partition coefficient (Wildman–Crippen LogP) is 12.3. The van der Waals surface area contributed by atoms with E-state index in [9.17, 15) is 9.59 Å². The maximum absolute atomic E-state index is 12.0. The second kappa shape index (κ2) is 37.9. The van der Waals surface area contributed by atoms with Gasteiger partial charge in [-0.05, 0) is 12.8 Å². The summed E-state index contributed by atoms with van der Waals surface area (Å²) in [5.41, 5.74) is 0. The number of carbonyl (C=O) groups excluding carboxylic acids is 2. The highest BCUT2D eigenvalue weighted by Crippen LogP contribution is 2.15. The average molecular weight is 619 g/mol. The Kier molecular flexibility index (Phi) is 36.7. The summed E-state index contributed by atoms with van der Waals surface area (Å²) in [7, 11) is 0. The molecule has 0 aliphatic carbocycles. The summed E-state index contributed by atoms with van der Waals surface area (Å²) in [6.07, 6.45) is 46.0. The number of hydrogen-bond donors (Lipinski definition) is 2. The number of nitrogens with one attached hydrogen (secondary N) is 2. The van der Waals surface area contributed by atoms with E-state index in [2.05, 4.69) is 24.5 Å². The van der Waals surface area contributed by atoms with Crippen LogP contribution < -0.4 is 10.6 Å². The van der Waals surface area contributed by atoms with Crippen LogP contribution in [-0.4, -0.2) is 24.9 Å². The third-order valence-corrected chi connectivity index (χ3v) is 9.05. The van der Waals surface area contributed by atoms with Crippen LogP contribution in [0.1, 0.15) is 219 Å². The van der Waals surface area contributed by atoms with Crippen LogP contribution >= 0.6 is 0 Å². The van der Waals surface area contributed by atoms with E-state index in [0.29, 0.717) is 13.1 Å². The van der Waals surface area contributed by atoms with Crippen molar-refractivity contribution in [3.05, 3.63) is 12.2 Å². The Morgan fingerprint density at radius 3 is 0.705 bits per heavy atom. The van der Waals surface area contributed by atoms with Gasteiger partial charge in [0.05, 0.1) is 0 Å². The summed E-state index contributed by atoms with van der Waals surface area (Å²) >= 11 is 0. The number of hydrogen-bond acceptors (Lipinski definition) is 2. The molecule has 0 atom stereocenters. The lowest BCUT2D eigenvalue weighted by molar-refractivity contribution is -0.118. The first-order chi connectivity index (χ1) is 21.7. The molecular formula is C40H78N2O2. The zero-order chi connectivity index (χ0) is 32.0. The molecule has 0 unspecified atom stereocenters. The van der Waals surface area contributed by atoms with Crippen LogP contribution in [0, 0.1) is 0 Å². The highest BCUT2D eigenvalue weighted by atomic mass is 16.2. The van der Waals surface area contributed by atoms with Gasteiger partial charge in [0.2, 0.25) is 11.8 Å². The topological polar surface area (TPSA) is 58.2 Å². The van der Waals surface area contributed by atoms with Gasteiger partial charge in [0.1, 0.15) is 0 Å². The molecule has 0 fully saturated rings. The van der Waals surface area contributed by atoms with Crippen molar-refractivity contribution in [2.75, 3.05) is 13.1 Å². The minimum absolute atomic E-state index is 0.163. The summed E-state index contributed by atoms with van der Waals surface area (Å²) < 4.78 is 0. The van der Waals surface area contributed by atoms with Crippen LogP contribution in [0.25, 0.3) is 0 Å². The molecule has 260 valence electrons. The van der Waals surface area contributed by atoms with E-state index in [1.54, 1.807) is 0 Å². The van der Waals surface area contributed by atoms with Crippen LogP contribution in [-0.2, 0) is 9.59 Å². The molecule has 0 heterocycles. The molecule has 0 bridgehead atoms. The fourth-order valence-electron chi connectivity index (χ4n) is 6.04. The van der Waals surface area contributed by atoms with Crippen molar-refractivity contribution in [3.63, 3.8) is 0 Å². The van der Waals surface area contributed by atoms with Gasteiger partial charge in [0.25, 0.3) is 0 Å². The summed E-state index contributed by atoms with van der Waals surface area (Å²) in [5, 5.41) is 5.82. The first-order valence-corrected chi connectivity index (χ1v) is 19.9. The van der Waals surface area contributed by atoms with Gasteiger partial charge in [-0.25, -0.2) is 0 Å². The Hall–Kier alpha value is -1.32. The summed E-state index contributed by atoms with van der Waals surface area (Å²) in [5.74, 6) is -0.327. The Morgan fingerprint density at radius 2 is 0.500 bits per heavy atom. The maximum Gasteiger partial charge on any atom is 0.244 e. The highest BCUT2D eigenvalue weighted by molar-refractivity contribution is 5.96. The molecule has 0 saturated carbocycles. The summed E-state index contributed by atoms with van der Waals surface area (Å²) in [6, 6.07) is 0. The molecule has 0 rings (SSSR count). The van der Waals surface area contributed by atoms with Crippen molar-refractivity contribution in [2.45, 2.75) is 219 Å². The van der Waals surface area contributed by atoms with Crippen molar-refractivity contribution in [1.29, 1.82) is 0 Å². The standard InChI is InChI=1S/C40H78N2O2/c1-3-5-7-9-11-13-15-17-19-21-23-25-27-29-31-33-37-41-39(43)35-36-40(44)42-38-34-32-30-28-26-24-22-20-18-16-14-12-10-8-6-4-2/h35-36H,3-34,37-38H2,1-2H3,(H,41,43)(H,42,44). The molecule has 0 radical (unpaired) electrons. The molecule has 0 aromatic carbocycles. The SMILES string of the molecule is CCCCCCCCCCCCCCCCCCNC(=O)C=CC(=O)NCCCCCCCCCCCCCCCCCC. The third-order valence-electron chi connectivity index (χ3n) is 9.05. The van der Waals surface area contributed by atoms with Gasteiger partial charge in [0.15, 0.2) is 0 Å². The molecule has 4 nitrogen and oxygen atoms in total. The number of carbonyl (C=O) groups is 2. The molecule has 4 heteroatoms. The van der Waals surface area contributed by atoms with Crippen molar-refractivity contribution in [3.8, 4) is 0 Å². The molecule has 44 heavy (non-hydrogen) atoms. The van der Waals surface area contributed by atoms with E-state index in [0.717, 1.165) is 12.8 Å². The number of rotatable bonds is 36. The molecule has 0 aliphatic heterocycles. The van der Waals surface area contributed by atoms with Crippen molar-refractivity contribution >= 4 is 11.8 Å². The first-order valence-electron chi connectivity index (χ1n) is 19.9. The van der Waals surface area contributed by atoms with E-state index < -0.39 is 0 Å². The van der Waals surface area contributed by atoms with E-state index in [1.807, 2.05) is 0 Å². The zero-order valence-electron chi connectivity index (χ0n) is 30.0. The Balaban J connectivity index is 3.32. The van der Waals surface area contributed by atoms with Crippen LogP contribution in [0.3, 0.4) is 0 Å². The predicted molar refractivity (Wildman–Crippen MR) is 194 cm³/mol. The van der Waals surface area contributed by atoms with Gasteiger partial charge in [0, 0.05) is 25.2 Å². The van der Waals surface area contributed by atoms with E-state index in [1.165, 1.54) is 205 Å². The highest BCUT2D eigenvalue weighted by Gasteiger charge is 2.00. The quantitative estimate of drug-likeness (QED) is 0.0542. The number of unbranched alkanes of at least 4 members (excludes halogenated alkanes) is 30. The lowest BCUT2D eigenvalue weighted by Crippen LogP contribution is -2.25. The van der Waals surface area contributed by atoms with Crippen LogP contribution in [0.15, 0.2) is 12.2 Å². The van der Waals surface area contributed by atoms with Crippen molar-refractivity contribution in [1.82, 2.24) is 10.6 Å². The van der Waals surface area contributed by atoms with Gasteiger partial charge in [-0.15, -0.1) is 0 Å². The molecule has 0 aromatic heterocycles. The Labute approximate surface area is 276 Å².